The smallest absolute Gasteiger partial charge is 0.341 e. The average Bonchev–Trinajstić information content (AvgIpc) is 3.08. The number of aromatic nitrogens is 1. The minimum absolute atomic E-state index is 0.0112. The highest BCUT2D eigenvalue weighted by atomic mass is 16.5. The molecule has 0 unspecified atom stereocenters. The summed E-state index contributed by atoms with van der Waals surface area (Å²) in [7, 11) is 0. The van der Waals surface area contributed by atoms with Crippen molar-refractivity contribution in [3.8, 4) is 0 Å². The molecule has 0 amide bonds. The average molecular weight is 381 g/mol. The maximum absolute atomic E-state index is 13.3. The molecule has 1 aliphatic rings. The number of pyridine rings is 1. The van der Waals surface area contributed by atoms with Crippen molar-refractivity contribution in [2.75, 3.05) is 6.61 Å². The van der Waals surface area contributed by atoms with Crippen LogP contribution in [0.1, 0.15) is 42.3 Å². The molecule has 5 nitrogen and oxygen atoms in total. The Hall–Kier alpha value is -3.99. The van der Waals surface area contributed by atoms with E-state index in [1.165, 1.54) is 6.08 Å². The van der Waals surface area contributed by atoms with E-state index in [2.05, 4.69) is 6.58 Å². The number of benzene rings is 2. The normalized spacial score (nSPS) is 12.7. The molecule has 2 heterocycles. The Morgan fingerprint density at radius 1 is 0.966 bits per heavy atom. The van der Waals surface area contributed by atoms with Crippen LogP contribution in [0.2, 0.25) is 0 Å². The molecule has 2 aromatic carbocycles. The summed E-state index contributed by atoms with van der Waals surface area (Å²) in [6, 6.07) is 16.1. The summed E-state index contributed by atoms with van der Waals surface area (Å²) in [6.45, 7) is 3.57. The maximum Gasteiger partial charge on any atom is 0.341 e. The molecule has 0 fully saturated rings. The van der Waals surface area contributed by atoms with Crippen molar-refractivity contribution in [3.63, 3.8) is 0 Å². The Morgan fingerprint density at radius 2 is 1.62 bits per heavy atom. The van der Waals surface area contributed by atoms with Crippen molar-refractivity contribution in [3.05, 3.63) is 101 Å². The summed E-state index contributed by atoms with van der Waals surface area (Å²) >= 11 is 0. The number of ether oxygens (including phenoxy) is 1. The second-order valence-corrected chi connectivity index (χ2v) is 6.85. The van der Waals surface area contributed by atoms with E-state index in [0.29, 0.717) is 16.6 Å². The van der Waals surface area contributed by atoms with Gasteiger partial charge in [0.2, 0.25) is 5.78 Å². The van der Waals surface area contributed by atoms with Gasteiger partial charge in [-0.2, -0.15) is 0 Å². The second-order valence-electron chi connectivity index (χ2n) is 6.85. The Kier molecular flexibility index (Phi) is 3.71. The number of carbonyl (C=O) groups excluding carboxylic acids is 3. The van der Waals surface area contributed by atoms with Gasteiger partial charge in [-0.25, -0.2) is 4.79 Å². The minimum atomic E-state index is -0.653. The van der Waals surface area contributed by atoms with Crippen LogP contribution in [0.25, 0.3) is 16.3 Å². The predicted octanol–water partition coefficient (Wildman–Crippen LogP) is 4.21. The molecule has 0 atom stereocenters. The van der Waals surface area contributed by atoms with E-state index in [1.54, 1.807) is 34.9 Å². The van der Waals surface area contributed by atoms with Gasteiger partial charge in [0.1, 0.15) is 12.3 Å². The molecule has 140 valence electrons. The standard InChI is InChI=1S/C24H15NO4/c1-2-11-29-24(28)19-18-12-14-7-3-4-8-15(14)13-25(18)21-20(19)22(26)16-9-5-6-10-17(16)23(21)27/h2-10,12-13H,1,11H2. The molecule has 4 aromatic rings. The van der Waals surface area contributed by atoms with E-state index in [0.717, 1.165) is 10.8 Å². The van der Waals surface area contributed by atoms with Gasteiger partial charge in [-0.3, -0.25) is 9.59 Å². The van der Waals surface area contributed by atoms with Crippen molar-refractivity contribution in [2.45, 2.75) is 0 Å². The lowest BCUT2D eigenvalue weighted by molar-refractivity contribution is 0.0549. The SMILES string of the molecule is C=CCOC(=O)c1c2c(n3cc4ccccc4cc13)C(=O)c1ccccc1C2=O. The molecule has 0 saturated carbocycles. The lowest BCUT2D eigenvalue weighted by Crippen LogP contribution is -2.23. The highest BCUT2D eigenvalue weighted by Crippen LogP contribution is 2.35. The molecule has 29 heavy (non-hydrogen) atoms. The van der Waals surface area contributed by atoms with Crippen LogP contribution in [-0.4, -0.2) is 28.5 Å². The molecule has 0 radical (unpaired) electrons. The zero-order valence-corrected chi connectivity index (χ0v) is 15.3. The van der Waals surface area contributed by atoms with E-state index in [9.17, 15) is 14.4 Å². The van der Waals surface area contributed by atoms with Crippen molar-refractivity contribution in [1.82, 2.24) is 4.40 Å². The quantitative estimate of drug-likeness (QED) is 0.347. The number of ketones is 2. The second kappa shape index (κ2) is 6.27. The summed E-state index contributed by atoms with van der Waals surface area (Å²) in [4.78, 5) is 39.5. The van der Waals surface area contributed by atoms with Crippen molar-refractivity contribution < 1.29 is 19.1 Å². The summed E-state index contributed by atoms with van der Waals surface area (Å²) in [5.41, 5.74) is 1.50. The zero-order chi connectivity index (χ0) is 20.1. The summed E-state index contributed by atoms with van der Waals surface area (Å²) in [5.74, 6) is -1.30. The number of hydrogen-bond donors (Lipinski definition) is 0. The fourth-order valence-electron chi connectivity index (χ4n) is 3.93. The molecule has 1 aliphatic carbocycles. The van der Waals surface area contributed by atoms with Crippen LogP contribution in [0.15, 0.2) is 73.4 Å². The number of rotatable bonds is 3. The van der Waals surface area contributed by atoms with Gasteiger partial charge in [-0.15, -0.1) is 0 Å². The van der Waals surface area contributed by atoms with Crippen LogP contribution >= 0.6 is 0 Å². The van der Waals surface area contributed by atoms with Crippen LogP contribution in [0.3, 0.4) is 0 Å². The van der Waals surface area contributed by atoms with E-state index >= 15 is 0 Å². The largest absolute Gasteiger partial charge is 0.458 e. The van der Waals surface area contributed by atoms with Gasteiger partial charge < -0.3 is 9.14 Å². The monoisotopic (exact) mass is 381 g/mol. The highest BCUT2D eigenvalue weighted by Gasteiger charge is 2.38. The van der Waals surface area contributed by atoms with Crippen molar-refractivity contribution in [2.24, 2.45) is 0 Å². The van der Waals surface area contributed by atoms with Gasteiger partial charge in [0.05, 0.1) is 16.6 Å². The fraction of sp³-hybridized carbons (Fsp3) is 0.0417. The summed E-state index contributed by atoms with van der Waals surface area (Å²) in [5, 5.41) is 1.79. The number of nitrogens with zero attached hydrogens (tertiary/aromatic N) is 1. The third-order valence-electron chi connectivity index (χ3n) is 5.19. The van der Waals surface area contributed by atoms with Crippen molar-refractivity contribution in [1.29, 1.82) is 0 Å². The minimum Gasteiger partial charge on any atom is -0.458 e. The van der Waals surface area contributed by atoms with Gasteiger partial charge in [0, 0.05) is 17.3 Å². The first-order valence-electron chi connectivity index (χ1n) is 9.15. The molecule has 0 aliphatic heterocycles. The van der Waals surface area contributed by atoms with E-state index in [-0.39, 0.29) is 35.0 Å². The van der Waals surface area contributed by atoms with Gasteiger partial charge >= 0.3 is 5.97 Å². The van der Waals surface area contributed by atoms with Crippen LogP contribution in [0.5, 0.6) is 0 Å². The van der Waals surface area contributed by atoms with Gasteiger partial charge in [0.25, 0.3) is 0 Å². The topological polar surface area (TPSA) is 64.8 Å². The van der Waals surface area contributed by atoms with E-state index in [4.69, 9.17) is 4.74 Å². The maximum atomic E-state index is 13.3. The Balaban J connectivity index is 1.91. The molecule has 2 aromatic heterocycles. The van der Waals surface area contributed by atoms with E-state index in [1.807, 2.05) is 30.3 Å². The lowest BCUT2D eigenvalue weighted by atomic mass is 9.86. The number of esters is 1. The Bertz CT molecular complexity index is 1380. The van der Waals surface area contributed by atoms with Gasteiger partial charge in [0.15, 0.2) is 5.78 Å². The molecule has 5 rings (SSSR count). The molecule has 0 saturated heterocycles. The number of carbonyl (C=O) groups is 3. The molecule has 0 spiro atoms. The Morgan fingerprint density at radius 3 is 2.34 bits per heavy atom. The van der Waals surface area contributed by atoms with E-state index < -0.39 is 5.97 Å². The Labute approximate surface area is 165 Å². The molecular weight excluding hydrogens is 366 g/mol. The highest BCUT2D eigenvalue weighted by molar-refractivity contribution is 6.32. The first kappa shape index (κ1) is 17.1. The molecule has 5 heteroatoms. The van der Waals surface area contributed by atoms with Crippen LogP contribution in [0.4, 0.5) is 0 Å². The number of hydrogen-bond acceptors (Lipinski definition) is 4. The molecular formula is C24H15NO4. The molecule has 0 N–H and O–H groups in total. The number of fused-ring (bicyclic) bond motifs is 5. The summed E-state index contributed by atoms with van der Waals surface area (Å²) in [6.07, 6.45) is 3.24. The third kappa shape index (κ3) is 2.37. The lowest BCUT2D eigenvalue weighted by Gasteiger charge is -2.15. The van der Waals surface area contributed by atoms with Crippen LogP contribution in [0, 0.1) is 0 Å². The van der Waals surface area contributed by atoms with Gasteiger partial charge in [-0.05, 0) is 16.8 Å². The first-order chi connectivity index (χ1) is 14.1. The van der Waals surface area contributed by atoms with Crippen molar-refractivity contribution >= 4 is 33.8 Å². The first-order valence-corrected chi connectivity index (χ1v) is 9.15. The zero-order valence-electron chi connectivity index (χ0n) is 15.3. The van der Waals surface area contributed by atoms with Gasteiger partial charge in [-0.1, -0.05) is 61.2 Å². The third-order valence-corrected chi connectivity index (χ3v) is 5.19. The summed E-state index contributed by atoms with van der Waals surface area (Å²) < 4.78 is 6.90. The van der Waals surface area contributed by atoms with Crippen LogP contribution in [-0.2, 0) is 4.74 Å². The predicted molar refractivity (Wildman–Crippen MR) is 109 cm³/mol. The van der Waals surface area contributed by atoms with Crippen LogP contribution < -0.4 is 0 Å². The molecule has 0 bridgehead atoms. The fourth-order valence-corrected chi connectivity index (χ4v) is 3.93.